The zero-order valence-electron chi connectivity index (χ0n) is 23.9. The summed E-state index contributed by atoms with van der Waals surface area (Å²) in [6.45, 7) is 7.72. The van der Waals surface area contributed by atoms with E-state index < -0.39 is 0 Å². The molecule has 0 N–H and O–H groups in total. The zero-order chi connectivity index (χ0) is 29.3. The van der Waals surface area contributed by atoms with Crippen molar-refractivity contribution >= 4 is 45.0 Å². The second kappa shape index (κ2) is 10.2. The van der Waals surface area contributed by atoms with Gasteiger partial charge in [0.1, 0.15) is 18.2 Å². The molecule has 0 aliphatic carbocycles. The van der Waals surface area contributed by atoms with Crippen molar-refractivity contribution in [3.05, 3.63) is 72.0 Å². The van der Waals surface area contributed by atoms with Crippen LogP contribution < -0.4 is 9.64 Å². The van der Waals surface area contributed by atoms with E-state index in [-0.39, 0.29) is 29.3 Å². The molecule has 4 aliphatic rings. The summed E-state index contributed by atoms with van der Waals surface area (Å²) in [5.41, 5.74) is 1.82. The number of hydrogen-bond acceptors (Lipinski definition) is 6. The summed E-state index contributed by atoms with van der Waals surface area (Å²) in [7, 11) is 0. The fraction of sp³-hybridized carbons (Fsp3) is 0.382. The molecule has 1 amide bonds. The third-order valence-electron chi connectivity index (χ3n) is 10.2. The standard InChI is InChI=1S/C34H33ClFN5O2/c1-2-30(42)40-16-11-28-29(40)19-41(28)32-24-17-26(36)23(22-9-3-7-21-8-4-10-25(35)31(21)22)18-27(24)37-33(38-32)43-20-34-12-5-14-39(34)15-6-13-34/h2-4,7-10,17-18,28-29H,1,5-6,11-16,19-20H2/t28?,29-/m1/s1. The predicted octanol–water partition coefficient (Wildman–Crippen LogP) is 6.23. The van der Waals surface area contributed by atoms with E-state index in [9.17, 15) is 4.79 Å². The number of fused-ring (bicyclic) bond motifs is 4. The zero-order valence-corrected chi connectivity index (χ0v) is 24.7. The molecule has 220 valence electrons. The van der Waals surface area contributed by atoms with Gasteiger partial charge in [-0.3, -0.25) is 9.69 Å². The Morgan fingerprint density at radius 2 is 1.86 bits per heavy atom. The molecule has 4 aromatic rings. The fourth-order valence-corrected chi connectivity index (χ4v) is 8.32. The predicted molar refractivity (Wildman–Crippen MR) is 167 cm³/mol. The van der Waals surface area contributed by atoms with Crippen LogP contribution in [0.3, 0.4) is 0 Å². The largest absolute Gasteiger partial charge is 0.461 e. The van der Waals surface area contributed by atoms with Gasteiger partial charge in [-0.1, -0.05) is 48.5 Å². The van der Waals surface area contributed by atoms with E-state index in [4.69, 9.17) is 26.3 Å². The Bertz CT molecular complexity index is 1780. The first-order chi connectivity index (χ1) is 21.0. The highest BCUT2D eigenvalue weighted by Crippen LogP contribution is 2.43. The molecule has 2 atom stereocenters. The topological polar surface area (TPSA) is 61.8 Å². The van der Waals surface area contributed by atoms with E-state index in [1.54, 1.807) is 12.1 Å². The molecule has 7 nitrogen and oxygen atoms in total. The van der Waals surface area contributed by atoms with Crippen molar-refractivity contribution in [1.82, 2.24) is 19.8 Å². The van der Waals surface area contributed by atoms with Crippen LogP contribution in [-0.2, 0) is 4.79 Å². The smallest absolute Gasteiger partial charge is 0.319 e. The monoisotopic (exact) mass is 597 g/mol. The molecule has 3 aromatic carbocycles. The van der Waals surface area contributed by atoms with Crippen LogP contribution in [0.4, 0.5) is 10.2 Å². The van der Waals surface area contributed by atoms with Crippen LogP contribution in [-0.4, -0.2) is 76.1 Å². The lowest BCUT2D eigenvalue weighted by Crippen LogP contribution is -2.63. The molecule has 9 heteroatoms. The van der Waals surface area contributed by atoms with Gasteiger partial charge >= 0.3 is 6.01 Å². The van der Waals surface area contributed by atoms with Crippen molar-refractivity contribution < 1.29 is 13.9 Å². The van der Waals surface area contributed by atoms with Crippen LogP contribution >= 0.6 is 11.6 Å². The SMILES string of the molecule is C=CC(=O)N1CCC2[C@H]1CN2c1nc(OCC23CCCN2CCC3)nc2cc(-c3cccc4cccc(Cl)c34)c(F)cc12. The van der Waals surface area contributed by atoms with E-state index in [1.807, 2.05) is 41.3 Å². The minimum absolute atomic E-state index is 0.0466. The highest BCUT2D eigenvalue weighted by Gasteiger charge is 2.49. The summed E-state index contributed by atoms with van der Waals surface area (Å²) in [5, 5.41) is 2.96. The quantitative estimate of drug-likeness (QED) is 0.246. The number of aromatic nitrogens is 2. The van der Waals surface area contributed by atoms with Gasteiger partial charge in [-0.2, -0.15) is 9.97 Å². The average molecular weight is 598 g/mol. The lowest BCUT2D eigenvalue weighted by molar-refractivity contribution is -0.127. The Labute approximate surface area is 254 Å². The first-order valence-electron chi connectivity index (χ1n) is 15.2. The normalized spacial score (nSPS) is 22.6. The molecule has 0 bridgehead atoms. The molecule has 4 saturated heterocycles. The van der Waals surface area contributed by atoms with E-state index in [1.165, 1.54) is 18.9 Å². The maximum Gasteiger partial charge on any atom is 0.319 e. The highest BCUT2D eigenvalue weighted by molar-refractivity contribution is 6.36. The summed E-state index contributed by atoms with van der Waals surface area (Å²) >= 11 is 6.63. The molecule has 4 aliphatic heterocycles. The van der Waals surface area contributed by atoms with E-state index >= 15 is 4.39 Å². The van der Waals surface area contributed by atoms with Crippen LogP contribution in [0.15, 0.2) is 61.2 Å². The number of ether oxygens (including phenoxy) is 1. The molecule has 0 radical (unpaired) electrons. The number of nitrogens with zero attached hydrogens (tertiary/aromatic N) is 5. The maximum atomic E-state index is 16.1. The van der Waals surface area contributed by atoms with Gasteiger partial charge in [0.2, 0.25) is 5.91 Å². The van der Waals surface area contributed by atoms with Crippen LogP contribution in [0.5, 0.6) is 6.01 Å². The Balaban J connectivity index is 1.22. The lowest BCUT2D eigenvalue weighted by Gasteiger charge is -2.47. The van der Waals surface area contributed by atoms with Crippen LogP contribution in [0.25, 0.3) is 32.8 Å². The molecule has 5 heterocycles. The fourth-order valence-electron chi connectivity index (χ4n) is 8.04. The van der Waals surface area contributed by atoms with Crippen molar-refractivity contribution in [3.63, 3.8) is 0 Å². The summed E-state index contributed by atoms with van der Waals surface area (Å²) in [5.74, 6) is 0.240. The third-order valence-corrected chi connectivity index (χ3v) is 10.5. The van der Waals surface area contributed by atoms with Gasteiger partial charge < -0.3 is 14.5 Å². The first kappa shape index (κ1) is 26.8. The van der Waals surface area contributed by atoms with Crippen LogP contribution in [0.2, 0.25) is 5.02 Å². The maximum absolute atomic E-state index is 16.1. The van der Waals surface area contributed by atoms with E-state index in [2.05, 4.69) is 16.4 Å². The highest BCUT2D eigenvalue weighted by atomic mass is 35.5. The van der Waals surface area contributed by atoms with Crippen LogP contribution in [0.1, 0.15) is 32.1 Å². The van der Waals surface area contributed by atoms with Gasteiger partial charge in [0, 0.05) is 34.4 Å². The Morgan fingerprint density at radius 1 is 1.07 bits per heavy atom. The van der Waals surface area contributed by atoms with Gasteiger partial charge in [0.25, 0.3) is 0 Å². The molecular weight excluding hydrogens is 565 g/mol. The minimum Gasteiger partial charge on any atom is -0.461 e. The van der Waals surface area contributed by atoms with Crippen molar-refractivity contribution in [2.45, 2.75) is 49.7 Å². The van der Waals surface area contributed by atoms with E-state index in [0.717, 1.165) is 48.7 Å². The Morgan fingerprint density at radius 3 is 2.65 bits per heavy atom. The second-order valence-corrected chi connectivity index (χ2v) is 12.7. The number of rotatable bonds is 6. The van der Waals surface area contributed by atoms with E-state index in [0.29, 0.717) is 53.0 Å². The molecule has 0 spiro atoms. The van der Waals surface area contributed by atoms with Gasteiger partial charge in [0.15, 0.2) is 0 Å². The summed E-state index contributed by atoms with van der Waals surface area (Å²) in [4.78, 5) is 28.8. The number of carbonyl (C=O) groups is 1. The minimum atomic E-state index is -0.364. The molecule has 43 heavy (non-hydrogen) atoms. The summed E-state index contributed by atoms with van der Waals surface area (Å²) in [6.07, 6.45) is 6.79. The third kappa shape index (κ3) is 4.21. The molecule has 4 fully saturated rings. The molecule has 1 unspecified atom stereocenters. The van der Waals surface area contributed by atoms with Crippen molar-refractivity contribution in [2.24, 2.45) is 0 Å². The van der Waals surface area contributed by atoms with Gasteiger partial charge in [-0.25, -0.2) is 4.39 Å². The Kier molecular flexibility index (Phi) is 6.35. The van der Waals surface area contributed by atoms with Gasteiger partial charge in [-0.05, 0) is 80.4 Å². The number of benzene rings is 3. The van der Waals surface area contributed by atoms with Crippen molar-refractivity contribution in [1.29, 1.82) is 0 Å². The average Bonchev–Trinajstić information content (AvgIpc) is 3.68. The van der Waals surface area contributed by atoms with Gasteiger partial charge in [-0.15, -0.1) is 0 Å². The number of hydrogen-bond donors (Lipinski definition) is 0. The lowest BCUT2D eigenvalue weighted by atomic mass is 9.94. The summed E-state index contributed by atoms with van der Waals surface area (Å²) in [6, 6.07) is 15.4. The van der Waals surface area contributed by atoms with Crippen LogP contribution in [0, 0.1) is 5.82 Å². The Hall–Kier alpha value is -3.75. The number of likely N-dealkylation sites (tertiary alicyclic amines) is 1. The molecule has 8 rings (SSSR count). The second-order valence-electron chi connectivity index (χ2n) is 12.3. The number of halogens is 2. The number of carbonyl (C=O) groups excluding carboxylic acids is 1. The summed E-state index contributed by atoms with van der Waals surface area (Å²) < 4.78 is 22.5. The molecule has 1 aromatic heterocycles. The van der Waals surface area contributed by atoms with Gasteiger partial charge in [0.05, 0.1) is 23.1 Å². The number of amides is 1. The van der Waals surface area contributed by atoms with Crippen molar-refractivity contribution in [3.8, 4) is 17.1 Å². The van der Waals surface area contributed by atoms with Crippen molar-refractivity contribution in [2.75, 3.05) is 37.7 Å². The molecular formula is C34H33ClFN5O2. The first-order valence-corrected chi connectivity index (χ1v) is 15.6. The molecule has 0 saturated carbocycles. The number of anilines is 1.